The van der Waals surface area contributed by atoms with Crippen molar-refractivity contribution in [3.63, 3.8) is 0 Å². The Morgan fingerprint density at radius 2 is 2.08 bits per heavy atom. The van der Waals surface area contributed by atoms with Crippen LogP contribution in [-0.2, 0) is 16.8 Å². The van der Waals surface area contributed by atoms with Crippen LogP contribution in [0.2, 0.25) is 0 Å². The molecule has 140 valence electrons. The van der Waals surface area contributed by atoms with Crippen molar-refractivity contribution < 1.29 is 9.53 Å². The average Bonchev–Trinajstić information content (AvgIpc) is 3.09. The maximum absolute atomic E-state index is 12.6. The molecule has 2 fully saturated rings. The Bertz CT molecular complexity index is 574. The van der Waals surface area contributed by atoms with Crippen molar-refractivity contribution in [3.05, 3.63) is 12.2 Å². The zero-order valence-electron chi connectivity index (χ0n) is 15.7. The van der Waals surface area contributed by atoms with Gasteiger partial charge in [-0.15, -0.1) is 0 Å². The Morgan fingerprint density at radius 1 is 1.32 bits per heavy atom. The van der Waals surface area contributed by atoms with Crippen molar-refractivity contribution in [2.24, 2.45) is 5.92 Å². The standard InChI is InChI=1S/C18H31N5O2/c1-18(2,3)23-16(20-13-21-23)11-19-17(24)22-9-10-25-15(12-22)14-7-5-4-6-8-14/h13-15H,4-12H2,1-3H3,(H,19,24). The average molecular weight is 349 g/mol. The summed E-state index contributed by atoms with van der Waals surface area (Å²) in [5.74, 6) is 1.38. The van der Waals surface area contributed by atoms with Crippen LogP contribution in [0.5, 0.6) is 0 Å². The maximum Gasteiger partial charge on any atom is 0.317 e. The maximum atomic E-state index is 12.6. The molecule has 0 spiro atoms. The van der Waals surface area contributed by atoms with Crippen molar-refractivity contribution in [3.8, 4) is 0 Å². The summed E-state index contributed by atoms with van der Waals surface area (Å²) in [5, 5.41) is 7.27. The predicted molar refractivity (Wildman–Crippen MR) is 95.1 cm³/mol. The first-order valence-corrected chi connectivity index (χ1v) is 9.49. The molecule has 3 rings (SSSR count). The molecule has 1 saturated carbocycles. The third-order valence-electron chi connectivity index (χ3n) is 5.21. The number of morpholine rings is 1. The quantitative estimate of drug-likeness (QED) is 0.910. The van der Waals surface area contributed by atoms with Crippen LogP contribution in [-0.4, -0.2) is 51.5 Å². The fourth-order valence-electron chi connectivity index (χ4n) is 3.86. The van der Waals surface area contributed by atoms with Gasteiger partial charge in [-0.2, -0.15) is 5.10 Å². The van der Waals surface area contributed by atoms with Crippen molar-refractivity contribution in [2.45, 2.75) is 71.1 Å². The molecular formula is C18H31N5O2. The number of rotatable bonds is 3. The van der Waals surface area contributed by atoms with Gasteiger partial charge in [-0.3, -0.25) is 0 Å². The number of amides is 2. The van der Waals surface area contributed by atoms with Crippen LogP contribution in [0, 0.1) is 5.92 Å². The first-order valence-electron chi connectivity index (χ1n) is 9.49. The molecule has 1 atom stereocenters. The van der Waals surface area contributed by atoms with Crippen LogP contribution in [0.25, 0.3) is 0 Å². The van der Waals surface area contributed by atoms with Crippen LogP contribution in [0.15, 0.2) is 6.33 Å². The smallest absolute Gasteiger partial charge is 0.317 e. The second kappa shape index (κ2) is 7.72. The SMILES string of the molecule is CC(C)(C)n1ncnc1CNC(=O)N1CCOC(C2CCCCC2)C1. The highest BCUT2D eigenvalue weighted by Gasteiger charge is 2.31. The summed E-state index contributed by atoms with van der Waals surface area (Å²) >= 11 is 0. The number of carbonyl (C=O) groups excluding carboxylic acids is 1. The molecule has 2 amide bonds. The van der Waals surface area contributed by atoms with E-state index >= 15 is 0 Å². The van der Waals surface area contributed by atoms with Crippen molar-refractivity contribution in [1.29, 1.82) is 0 Å². The van der Waals surface area contributed by atoms with Crippen LogP contribution in [0.3, 0.4) is 0 Å². The number of aromatic nitrogens is 3. The zero-order chi connectivity index (χ0) is 17.9. The minimum atomic E-state index is -0.151. The minimum absolute atomic E-state index is 0.0347. The van der Waals surface area contributed by atoms with Crippen molar-refractivity contribution in [1.82, 2.24) is 25.0 Å². The molecular weight excluding hydrogens is 318 g/mol. The topological polar surface area (TPSA) is 72.3 Å². The largest absolute Gasteiger partial charge is 0.374 e. The van der Waals surface area contributed by atoms with Gasteiger partial charge in [0.2, 0.25) is 0 Å². The summed E-state index contributed by atoms with van der Waals surface area (Å²) in [7, 11) is 0. The molecule has 2 heterocycles. The fraction of sp³-hybridized carbons (Fsp3) is 0.833. The molecule has 7 heteroatoms. The third kappa shape index (κ3) is 4.51. The Balaban J connectivity index is 1.53. The van der Waals surface area contributed by atoms with Crippen molar-refractivity contribution >= 4 is 6.03 Å². The van der Waals surface area contributed by atoms with Gasteiger partial charge in [0.05, 0.1) is 24.8 Å². The van der Waals surface area contributed by atoms with E-state index in [-0.39, 0.29) is 17.7 Å². The second-order valence-electron chi connectivity index (χ2n) is 8.17. The van der Waals surface area contributed by atoms with E-state index in [9.17, 15) is 4.79 Å². The molecule has 1 N–H and O–H groups in total. The van der Waals surface area contributed by atoms with Gasteiger partial charge in [-0.05, 0) is 39.5 Å². The molecule has 1 aliphatic carbocycles. The lowest BCUT2D eigenvalue weighted by atomic mass is 9.84. The van der Waals surface area contributed by atoms with Gasteiger partial charge in [-0.25, -0.2) is 14.5 Å². The van der Waals surface area contributed by atoms with Gasteiger partial charge >= 0.3 is 6.03 Å². The Hall–Kier alpha value is -1.63. The highest BCUT2D eigenvalue weighted by molar-refractivity contribution is 5.74. The van der Waals surface area contributed by atoms with Gasteiger partial charge in [0.25, 0.3) is 0 Å². The molecule has 1 aromatic rings. The van der Waals surface area contributed by atoms with Gasteiger partial charge in [-0.1, -0.05) is 19.3 Å². The monoisotopic (exact) mass is 349 g/mol. The predicted octanol–water partition coefficient (Wildman–Crippen LogP) is 2.52. The number of carbonyl (C=O) groups is 1. The van der Waals surface area contributed by atoms with E-state index < -0.39 is 0 Å². The van der Waals surface area contributed by atoms with E-state index in [0.717, 1.165) is 5.82 Å². The molecule has 1 saturated heterocycles. The second-order valence-corrected chi connectivity index (χ2v) is 8.17. The minimum Gasteiger partial charge on any atom is -0.374 e. The summed E-state index contributed by atoms with van der Waals surface area (Å²) in [6.45, 7) is 8.59. The molecule has 1 aromatic heterocycles. The van der Waals surface area contributed by atoms with Crippen LogP contribution >= 0.6 is 0 Å². The number of nitrogens with zero attached hydrogens (tertiary/aromatic N) is 4. The van der Waals surface area contributed by atoms with Crippen molar-refractivity contribution in [2.75, 3.05) is 19.7 Å². The van der Waals surface area contributed by atoms with E-state index in [1.54, 1.807) is 6.33 Å². The summed E-state index contributed by atoms with van der Waals surface area (Å²) in [6, 6.07) is -0.0347. The molecule has 0 radical (unpaired) electrons. The van der Waals surface area contributed by atoms with Crippen LogP contribution < -0.4 is 5.32 Å². The summed E-state index contributed by atoms with van der Waals surface area (Å²) in [5.41, 5.74) is -0.151. The summed E-state index contributed by atoms with van der Waals surface area (Å²) in [6.07, 6.45) is 8.11. The molecule has 25 heavy (non-hydrogen) atoms. The number of ether oxygens (including phenoxy) is 1. The number of hydrogen-bond acceptors (Lipinski definition) is 4. The Labute approximate surface area is 150 Å². The summed E-state index contributed by atoms with van der Waals surface area (Å²) < 4.78 is 7.82. The normalized spacial score (nSPS) is 22.8. The lowest BCUT2D eigenvalue weighted by Gasteiger charge is -2.38. The Kier molecular flexibility index (Phi) is 5.61. The lowest BCUT2D eigenvalue weighted by molar-refractivity contribution is -0.0525. The summed E-state index contributed by atoms with van der Waals surface area (Å²) in [4.78, 5) is 18.8. The molecule has 0 bridgehead atoms. The van der Waals surface area contributed by atoms with Gasteiger partial charge in [0.15, 0.2) is 0 Å². The molecule has 0 aromatic carbocycles. The first kappa shape index (κ1) is 18.2. The van der Waals surface area contributed by atoms with E-state index in [2.05, 4.69) is 36.2 Å². The van der Waals surface area contributed by atoms with E-state index in [1.807, 2.05) is 9.58 Å². The first-order chi connectivity index (χ1) is 11.9. The van der Waals surface area contributed by atoms with E-state index in [4.69, 9.17) is 4.74 Å². The van der Waals surface area contributed by atoms with Gasteiger partial charge in [0.1, 0.15) is 12.2 Å². The number of urea groups is 1. The highest BCUT2D eigenvalue weighted by Crippen LogP contribution is 2.29. The Morgan fingerprint density at radius 3 is 2.80 bits per heavy atom. The number of hydrogen-bond donors (Lipinski definition) is 1. The molecule has 2 aliphatic rings. The zero-order valence-corrected chi connectivity index (χ0v) is 15.7. The lowest BCUT2D eigenvalue weighted by Crippen LogP contribution is -2.51. The fourth-order valence-corrected chi connectivity index (χ4v) is 3.86. The highest BCUT2D eigenvalue weighted by atomic mass is 16.5. The van der Waals surface area contributed by atoms with Crippen LogP contribution in [0.1, 0.15) is 58.7 Å². The molecule has 1 aliphatic heterocycles. The van der Waals surface area contributed by atoms with Gasteiger partial charge < -0.3 is 15.0 Å². The molecule has 1 unspecified atom stereocenters. The van der Waals surface area contributed by atoms with E-state index in [0.29, 0.717) is 32.2 Å². The third-order valence-corrected chi connectivity index (χ3v) is 5.21. The van der Waals surface area contributed by atoms with Crippen LogP contribution in [0.4, 0.5) is 4.79 Å². The van der Waals surface area contributed by atoms with E-state index in [1.165, 1.54) is 32.1 Å². The molecule has 7 nitrogen and oxygen atoms in total. The van der Waals surface area contributed by atoms with Gasteiger partial charge in [0, 0.05) is 13.1 Å². The number of nitrogens with one attached hydrogen (secondary N) is 1.